The third-order valence-electron chi connectivity index (χ3n) is 9.64. The van der Waals surface area contributed by atoms with Gasteiger partial charge in [-0.1, -0.05) is 104 Å². The van der Waals surface area contributed by atoms with Crippen LogP contribution >= 0.6 is 0 Å². The first kappa shape index (κ1) is 33.8. The summed E-state index contributed by atoms with van der Waals surface area (Å²) in [6.45, 7) is 0.861. The highest BCUT2D eigenvalue weighted by Gasteiger charge is 2.36. The highest BCUT2D eigenvalue weighted by Crippen LogP contribution is 2.34. The third kappa shape index (κ3) is 8.68. The van der Waals surface area contributed by atoms with Crippen molar-refractivity contribution in [3.8, 4) is 5.75 Å². The fourth-order valence-electron chi connectivity index (χ4n) is 6.91. The average molecular weight is 661 g/mol. The van der Waals surface area contributed by atoms with Gasteiger partial charge in [-0.2, -0.15) is 0 Å². The zero-order valence-corrected chi connectivity index (χ0v) is 27.8. The molecule has 0 aromatic heterocycles. The normalized spacial score (nSPS) is 16.5. The van der Waals surface area contributed by atoms with E-state index in [1.807, 2.05) is 60.7 Å². The van der Waals surface area contributed by atoms with Gasteiger partial charge in [0.25, 0.3) is 0 Å². The lowest BCUT2D eigenvalue weighted by atomic mass is 9.84. The first-order valence-electron chi connectivity index (χ1n) is 17.4. The number of hydrogen-bond donors (Lipinski definition) is 1. The lowest BCUT2D eigenvalue weighted by Crippen LogP contribution is -2.52. The van der Waals surface area contributed by atoms with Crippen LogP contribution in [-0.4, -0.2) is 40.6 Å². The van der Waals surface area contributed by atoms with Crippen LogP contribution in [-0.2, 0) is 29.3 Å². The Hall–Kier alpha value is -5.11. The zero-order chi connectivity index (χ0) is 34.0. The van der Waals surface area contributed by atoms with Gasteiger partial charge < -0.3 is 19.5 Å². The minimum Gasteiger partial charge on any atom is -0.488 e. The molecule has 8 nitrogen and oxygen atoms in total. The Kier molecular flexibility index (Phi) is 11.3. The van der Waals surface area contributed by atoms with Gasteiger partial charge in [-0.15, -0.1) is 0 Å². The summed E-state index contributed by atoms with van der Waals surface area (Å²) in [5, 5.41) is 9.99. The van der Waals surface area contributed by atoms with E-state index in [-0.39, 0.29) is 37.0 Å². The van der Waals surface area contributed by atoms with Crippen molar-refractivity contribution >= 4 is 23.7 Å². The molecule has 1 atom stereocenters. The second-order valence-electron chi connectivity index (χ2n) is 13.0. The second-order valence-corrected chi connectivity index (χ2v) is 13.0. The molecule has 8 heteroatoms. The molecule has 0 spiro atoms. The van der Waals surface area contributed by atoms with Gasteiger partial charge in [-0.3, -0.25) is 9.69 Å². The molecule has 1 saturated carbocycles. The van der Waals surface area contributed by atoms with Crippen molar-refractivity contribution in [1.29, 1.82) is 0 Å². The summed E-state index contributed by atoms with van der Waals surface area (Å²) in [6.07, 6.45) is 7.02. The molecule has 1 heterocycles. The van der Waals surface area contributed by atoms with Crippen molar-refractivity contribution in [3.05, 3.63) is 131 Å². The lowest BCUT2D eigenvalue weighted by molar-refractivity contribution is -0.124. The van der Waals surface area contributed by atoms with E-state index in [0.29, 0.717) is 24.6 Å². The predicted octanol–water partition coefficient (Wildman–Crippen LogP) is 8.74. The zero-order valence-electron chi connectivity index (χ0n) is 27.8. The lowest BCUT2D eigenvalue weighted by Gasteiger charge is -2.36. The molecule has 1 saturated heterocycles. The molecule has 254 valence electrons. The number of likely N-dealkylation sites (tertiary alicyclic amines) is 1. The topological polar surface area (TPSA) is 96.4 Å². The number of nitrogens with zero attached hydrogens (tertiary/aromatic N) is 2. The maximum absolute atomic E-state index is 14.4. The fraction of sp³-hybridized carbons (Fsp3) is 0.341. The van der Waals surface area contributed by atoms with Crippen molar-refractivity contribution in [2.45, 2.75) is 83.1 Å². The average Bonchev–Trinajstić information content (AvgIpc) is 3.16. The Morgan fingerprint density at radius 1 is 0.714 bits per heavy atom. The number of amides is 2. The molecule has 1 aliphatic heterocycles. The number of anilines is 1. The highest BCUT2D eigenvalue weighted by atomic mass is 16.5. The predicted molar refractivity (Wildman–Crippen MR) is 189 cm³/mol. The number of carbonyl (C=O) groups is 3. The van der Waals surface area contributed by atoms with E-state index >= 15 is 0 Å². The largest absolute Gasteiger partial charge is 0.488 e. The number of hydrogen-bond acceptors (Lipinski definition) is 5. The Morgan fingerprint density at radius 2 is 1.37 bits per heavy atom. The number of ether oxygens (including phenoxy) is 2. The summed E-state index contributed by atoms with van der Waals surface area (Å²) in [5.74, 6) is -0.000136. The van der Waals surface area contributed by atoms with E-state index in [2.05, 4.69) is 24.3 Å². The summed E-state index contributed by atoms with van der Waals surface area (Å²) in [5.41, 5.74) is 4.79. The minimum absolute atomic E-state index is 0.105. The van der Waals surface area contributed by atoms with Crippen molar-refractivity contribution in [3.63, 3.8) is 0 Å². The quantitative estimate of drug-likeness (QED) is 0.162. The second kappa shape index (κ2) is 16.3. The maximum atomic E-state index is 14.4. The maximum Gasteiger partial charge on any atom is 0.407 e. The molecular formula is C41H44N2O6. The van der Waals surface area contributed by atoms with Gasteiger partial charge in [-0.05, 0) is 72.4 Å². The van der Waals surface area contributed by atoms with Crippen LogP contribution in [0.25, 0.3) is 0 Å². The molecular weight excluding hydrogens is 616 g/mol. The van der Waals surface area contributed by atoms with Crippen LogP contribution in [0, 0.1) is 0 Å². The Balaban J connectivity index is 1.32. The smallest absolute Gasteiger partial charge is 0.407 e. The number of esters is 1. The number of piperidine rings is 1. The van der Waals surface area contributed by atoms with Gasteiger partial charge in [0, 0.05) is 18.3 Å². The molecule has 2 aliphatic rings. The van der Waals surface area contributed by atoms with Crippen LogP contribution in [0.3, 0.4) is 0 Å². The summed E-state index contributed by atoms with van der Waals surface area (Å²) < 4.78 is 11.9. The molecule has 0 unspecified atom stereocenters. The van der Waals surface area contributed by atoms with E-state index < -0.39 is 18.1 Å². The van der Waals surface area contributed by atoms with Gasteiger partial charge >= 0.3 is 12.1 Å². The van der Waals surface area contributed by atoms with E-state index in [0.717, 1.165) is 29.5 Å². The van der Waals surface area contributed by atoms with Gasteiger partial charge in [0.2, 0.25) is 5.91 Å². The molecule has 6 rings (SSSR count). The van der Waals surface area contributed by atoms with Crippen molar-refractivity contribution < 1.29 is 29.0 Å². The van der Waals surface area contributed by atoms with E-state index in [9.17, 15) is 19.5 Å². The number of benzene rings is 4. The summed E-state index contributed by atoms with van der Waals surface area (Å²) in [7, 11) is 0. The minimum atomic E-state index is -1.10. The SMILES string of the molecule is O=C(OCc1ccccc1)c1ccc(N(Cc2ccc(C3CCCCC3)cc2)C(=O)[C@H]2CCCCN2C(=O)O)cc1OCc1ccccc1. The molecule has 1 aliphatic carbocycles. The van der Waals surface area contributed by atoms with Gasteiger partial charge in [0.15, 0.2) is 0 Å². The van der Waals surface area contributed by atoms with Crippen LogP contribution in [0.5, 0.6) is 5.75 Å². The van der Waals surface area contributed by atoms with Gasteiger partial charge in [0.05, 0.1) is 6.54 Å². The first-order chi connectivity index (χ1) is 24.0. The first-order valence-corrected chi connectivity index (χ1v) is 17.4. The molecule has 1 N–H and O–H groups in total. The third-order valence-corrected chi connectivity index (χ3v) is 9.64. The van der Waals surface area contributed by atoms with E-state index in [1.165, 1.54) is 42.6 Å². The van der Waals surface area contributed by atoms with Crippen LogP contribution in [0.15, 0.2) is 103 Å². The molecule has 0 radical (unpaired) electrons. The van der Waals surface area contributed by atoms with Crippen LogP contribution in [0.2, 0.25) is 0 Å². The summed E-state index contributed by atoms with van der Waals surface area (Å²) in [4.78, 5) is 42.9. The number of carbonyl (C=O) groups excluding carboxylic acids is 2. The van der Waals surface area contributed by atoms with Crippen LogP contribution < -0.4 is 9.64 Å². The Morgan fingerprint density at radius 3 is 2.04 bits per heavy atom. The van der Waals surface area contributed by atoms with E-state index in [4.69, 9.17) is 9.47 Å². The van der Waals surface area contributed by atoms with E-state index in [1.54, 1.807) is 23.1 Å². The molecule has 0 bridgehead atoms. The molecule has 49 heavy (non-hydrogen) atoms. The van der Waals surface area contributed by atoms with Crippen molar-refractivity contribution in [1.82, 2.24) is 4.90 Å². The van der Waals surface area contributed by atoms with Crippen LogP contribution in [0.1, 0.15) is 89.9 Å². The number of carboxylic acid groups (broad SMARTS) is 1. The molecule has 4 aromatic rings. The summed E-state index contributed by atoms with van der Waals surface area (Å²) >= 11 is 0. The highest BCUT2D eigenvalue weighted by molar-refractivity contribution is 6.00. The van der Waals surface area contributed by atoms with Crippen molar-refractivity contribution in [2.75, 3.05) is 11.4 Å². The molecule has 4 aromatic carbocycles. The molecule has 2 amide bonds. The van der Waals surface area contributed by atoms with Gasteiger partial charge in [-0.25, -0.2) is 9.59 Å². The van der Waals surface area contributed by atoms with Crippen molar-refractivity contribution in [2.24, 2.45) is 0 Å². The molecule has 2 fully saturated rings. The monoisotopic (exact) mass is 660 g/mol. The Labute approximate surface area is 288 Å². The Bertz CT molecular complexity index is 1700. The standard InChI is InChI=1S/C41H44N2O6/c44-39(37-18-10-11-25-42(37)41(46)47)43(27-30-19-21-34(22-20-30)33-16-8-3-9-17-33)35-23-24-36(40(45)49-29-32-14-6-2-7-15-32)38(26-35)48-28-31-12-4-1-5-13-31/h1-2,4-7,12-15,19-24,26,33,37H,3,8-11,16-18,25,27-29H2,(H,46,47)/t37-/m1/s1. The van der Waals surface area contributed by atoms with Gasteiger partial charge in [0.1, 0.15) is 30.6 Å². The fourth-order valence-corrected chi connectivity index (χ4v) is 6.91. The summed E-state index contributed by atoms with van der Waals surface area (Å²) in [6, 6.07) is 31.8. The number of rotatable bonds is 11. The van der Waals surface area contributed by atoms with Crippen LogP contribution in [0.4, 0.5) is 10.5 Å².